The van der Waals surface area contributed by atoms with Crippen molar-refractivity contribution in [3.05, 3.63) is 36.0 Å². The van der Waals surface area contributed by atoms with E-state index >= 15 is 0 Å². The van der Waals surface area contributed by atoms with Gasteiger partial charge in [0.1, 0.15) is 0 Å². The van der Waals surface area contributed by atoms with Crippen LogP contribution in [-0.4, -0.2) is 54.9 Å². The first-order valence-electron chi connectivity index (χ1n) is 6.56. The first-order chi connectivity index (χ1) is 9.09. The van der Waals surface area contributed by atoms with E-state index in [0.29, 0.717) is 0 Å². The second-order valence-corrected chi connectivity index (χ2v) is 5.13. The van der Waals surface area contributed by atoms with Crippen molar-refractivity contribution in [3.63, 3.8) is 0 Å². The minimum Gasteiger partial charge on any atom is -0.361 e. The smallest absolute Gasteiger partial charge is 0.255 e. The molecule has 19 heavy (non-hydrogen) atoms. The van der Waals surface area contributed by atoms with E-state index in [4.69, 9.17) is 0 Å². The third-order valence-corrected chi connectivity index (χ3v) is 3.26. The maximum Gasteiger partial charge on any atom is 0.255 e. The quantitative estimate of drug-likeness (QED) is 0.894. The lowest BCUT2D eigenvalue weighted by atomic mass is 10.1. The van der Waals surface area contributed by atoms with Gasteiger partial charge in [0.2, 0.25) is 0 Å². The standard InChI is InChI=1S/C15H21N3O/c1-17(2)10-5-11-18(3)15(19)13-7-4-6-12-8-9-16-14(12)13/h4,6-9,16H,5,10-11H2,1-3H3. The number of fused-ring (bicyclic) bond motifs is 1. The number of nitrogens with zero attached hydrogens (tertiary/aromatic N) is 2. The Morgan fingerprint density at radius 2 is 1.95 bits per heavy atom. The monoisotopic (exact) mass is 259 g/mol. The number of H-pyrrole nitrogens is 1. The lowest BCUT2D eigenvalue weighted by Crippen LogP contribution is -2.29. The van der Waals surface area contributed by atoms with Crippen molar-refractivity contribution in [2.75, 3.05) is 34.2 Å². The minimum atomic E-state index is 0.0757. The molecule has 0 unspecified atom stereocenters. The molecule has 102 valence electrons. The van der Waals surface area contributed by atoms with Gasteiger partial charge in [-0.15, -0.1) is 0 Å². The summed E-state index contributed by atoms with van der Waals surface area (Å²) in [4.78, 5) is 19.5. The Labute approximate surface area is 114 Å². The van der Waals surface area contributed by atoms with Crippen LogP contribution in [0.1, 0.15) is 16.8 Å². The number of nitrogens with one attached hydrogen (secondary N) is 1. The summed E-state index contributed by atoms with van der Waals surface area (Å²) < 4.78 is 0. The van der Waals surface area contributed by atoms with Gasteiger partial charge in [-0.25, -0.2) is 0 Å². The normalized spacial score (nSPS) is 11.2. The molecule has 1 heterocycles. The first-order valence-corrected chi connectivity index (χ1v) is 6.56. The van der Waals surface area contributed by atoms with Crippen LogP contribution in [0.5, 0.6) is 0 Å². The van der Waals surface area contributed by atoms with Crippen LogP contribution in [0.4, 0.5) is 0 Å². The molecule has 0 aliphatic carbocycles. The second kappa shape index (κ2) is 5.89. The number of hydrogen-bond donors (Lipinski definition) is 1. The number of benzene rings is 1. The number of hydrogen-bond acceptors (Lipinski definition) is 2. The van der Waals surface area contributed by atoms with Crippen molar-refractivity contribution in [3.8, 4) is 0 Å². The Hall–Kier alpha value is -1.81. The summed E-state index contributed by atoms with van der Waals surface area (Å²) in [5.74, 6) is 0.0757. The SMILES string of the molecule is CN(C)CCCN(C)C(=O)c1cccc2cc[nH]c12. The summed E-state index contributed by atoms with van der Waals surface area (Å²) in [5.41, 5.74) is 1.67. The Morgan fingerprint density at radius 1 is 1.16 bits per heavy atom. The third kappa shape index (κ3) is 3.15. The number of aromatic amines is 1. The molecule has 1 aromatic heterocycles. The van der Waals surface area contributed by atoms with Crippen molar-refractivity contribution in [1.82, 2.24) is 14.8 Å². The lowest BCUT2D eigenvalue weighted by Gasteiger charge is -2.19. The summed E-state index contributed by atoms with van der Waals surface area (Å²) in [6.45, 7) is 1.76. The molecule has 1 amide bonds. The van der Waals surface area contributed by atoms with Crippen LogP contribution in [-0.2, 0) is 0 Å². The van der Waals surface area contributed by atoms with Crippen LogP contribution in [0, 0.1) is 0 Å². The van der Waals surface area contributed by atoms with E-state index in [0.717, 1.165) is 36.0 Å². The zero-order valence-corrected chi connectivity index (χ0v) is 11.8. The maximum absolute atomic E-state index is 12.4. The zero-order chi connectivity index (χ0) is 13.8. The highest BCUT2D eigenvalue weighted by Crippen LogP contribution is 2.18. The molecule has 0 fully saturated rings. The fourth-order valence-electron chi connectivity index (χ4n) is 2.19. The third-order valence-electron chi connectivity index (χ3n) is 3.26. The number of rotatable bonds is 5. The van der Waals surface area contributed by atoms with Crippen molar-refractivity contribution >= 4 is 16.8 Å². The highest BCUT2D eigenvalue weighted by Gasteiger charge is 2.14. The van der Waals surface area contributed by atoms with Crippen LogP contribution in [0.3, 0.4) is 0 Å². The van der Waals surface area contributed by atoms with Gasteiger partial charge in [-0.2, -0.15) is 0 Å². The van der Waals surface area contributed by atoms with Crippen molar-refractivity contribution in [2.24, 2.45) is 0 Å². The van der Waals surface area contributed by atoms with Crippen molar-refractivity contribution in [1.29, 1.82) is 0 Å². The van der Waals surface area contributed by atoms with Crippen molar-refractivity contribution in [2.45, 2.75) is 6.42 Å². The first kappa shape index (κ1) is 13.6. The largest absolute Gasteiger partial charge is 0.361 e. The number of amides is 1. The Bertz CT molecular complexity index is 559. The number of aromatic nitrogens is 1. The molecule has 2 aromatic rings. The molecule has 0 aliphatic rings. The number of para-hydroxylation sites is 1. The van der Waals surface area contributed by atoms with E-state index in [1.807, 2.05) is 51.6 Å². The molecular formula is C15H21N3O. The summed E-state index contributed by atoms with van der Waals surface area (Å²) in [7, 11) is 5.95. The van der Waals surface area contributed by atoms with Gasteiger partial charge in [0.25, 0.3) is 5.91 Å². The van der Waals surface area contributed by atoms with E-state index in [1.165, 1.54) is 0 Å². The topological polar surface area (TPSA) is 39.3 Å². The summed E-state index contributed by atoms with van der Waals surface area (Å²) >= 11 is 0. The van der Waals surface area contributed by atoms with Gasteiger partial charge >= 0.3 is 0 Å². The van der Waals surface area contributed by atoms with Gasteiger partial charge in [0, 0.05) is 25.2 Å². The average molecular weight is 259 g/mol. The predicted octanol–water partition coefficient (Wildman–Crippen LogP) is 2.19. The fraction of sp³-hybridized carbons (Fsp3) is 0.400. The molecule has 2 rings (SSSR count). The van der Waals surface area contributed by atoms with Crippen LogP contribution in [0.2, 0.25) is 0 Å². The molecule has 1 N–H and O–H groups in total. The summed E-state index contributed by atoms with van der Waals surface area (Å²) in [6.07, 6.45) is 2.85. The molecule has 1 aromatic carbocycles. The van der Waals surface area contributed by atoms with E-state index in [9.17, 15) is 4.79 Å². The molecule has 0 spiro atoms. The molecule has 0 saturated carbocycles. The predicted molar refractivity (Wildman–Crippen MR) is 78.4 cm³/mol. The van der Waals surface area contributed by atoms with Gasteiger partial charge in [-0.05, 0) is 39.2 Å². The van der Waals surface area contributed by atoms with Crippen LogP contribution < -0.4 is 0 Å². The Kier molecular flexibility index (Phi) is 4.22. The van der Waals surface area contributed by atoms with Gasteiger partial charge < -0.3 is 14.8 Å². The van der Waals surface area contributed by atoms with Crippen LogP contribution >= 0.6 is 0 Å². The lowest BCUT2D eigenvalue weighted by molar-refractivity contribution is 0.0792. The molecule has 0 aliphatic heterocycles. The van der Waals surface area contributed by atoms with Crippen LogP contribution in [0.15, 0.2) is 30.5 Å². The van der Waals surface area contributed by atoms with Gasteiger partial charge in [-0.1, -0.05) is 12.1 Å². The highest BCUT2D eigenvalue weighted by molar-refractivity contribution is 6.05. The Balaban J connectivity index is 2.08. The van der Waals surface area contributed by atoms with Gasteiger partial charge in [0.15, 0.2) is 0 Å². The number of carbonyl (C=O) groups excluding carboxylic acids is 1. The van der Waals surface area contributed by atoms with E-state index in [-0.39, 0.29) is 5.91 Å². The van der Waals surface area contributed by atoms with Crippen molar-refractivity contribution < 1.29 is 4.79 Å². The molecule has 0 saturated heterocycles. The highest BCUT2D eigenvalue weighted by atomic mass is 16.2. The maximum atomic E-state index is 12.4. The van der Waals surface area contributed by atoms with Gasteiger partial charge in [-0.3, -0.25) is 4.79 Å². The van der Waals surface area contributed by atoms with Crippen LogP contribution in [0.25, 0.3) is 10.9 Å². The van der Waals surface area contributed by atoms with E-state index in [1.54, 1.807) is 4.90 Å². The minimum absolute atomic E-state index is 0.0757. The van der Waals surface area contributed by atoms with E-state index in [2.05, 4.69) is 9.88 Å². The van der Waals surface area contributed by atoms with E-state index < -0.39 is 0 Å². The molecule has 0 atom stereocenters. The summed E-state index contributed by atoms with van der Waals surface area (Å²) in [6, 6.07) is 7.80. The molecule has 0 bridgehead atoms. The molecular weight excluding hydrogens is 238 g/mol. The Morgan fingerprint density at radius 3 is 2.68 bits per heavy atom. The molecule has 4 nitrogen and oxygen atoms in total. The fourth-order valence-corrected chi connectivity index (χ4v) is 2.19. The average Bonchev–Trinajstić information content (AvgIpc) is 2.85. The number of carbonyl (C=O) groups is 1. The van der Waals surface area contributed by atoms with Gasteiger partial charge in [0.05, 0.1) is 11.1 Å². The summed E-state index contributed by atoms with van der Waals surface area (Å²) in [5, 5.41) is 1.08. The molecule has 4 heteroatoms. The molecule has 0 radical (unpaired) electrons. The zero-order valence-electron chi connectivity index (χ0n) is 11.8. The second-order valence-electron chi connectivity index (χ2n) is 5.13.